The molecule has 0 saturated heterocycles. The van der Waals surface area contributed by atoms with E-state index in [0.29, 0.717) is 10.0 Å². The molecule has 0 aromatic heterocycles. The Bertz CT molecular complexity index is 513. The molecule has 24 heavy (non-hydrogen) atoms. The second-order valence-corrected chi connectivity index (χ2v) is 6.91. The van der Waals surface area contributed by atoms with Crippen molar-refractivity contribution in [1.82, 2.24) is 0 Å². The van der Waals surface area contributed by atoms with Gasteiger partial charge in [-0.25, -0.2) is 0 Å². The minimum Gasteiger partial charge on any atom is -0.0827 e. The standard InChI is InChI=1S/C16H26.C6H4Cl2/c1-3-5-7-11-15-13-9-10-14-16(15)12-8-6-4-2;7-5-3-1-2-4-6(5)8/h9-10,13-14H,3-8,11-12H2,1-2H3;1-4H. The lowest BCUT2D eigenvalue weighted by Crippen LogP contribution is -1.94. The smallest absolute Gasteiger partial charge is 0.0592 e. The van der Waals surface area contributed by atoms with Crippen LogP contribution in [0.5, 0.6) is 0 Å². The molecule has 0 radical (unpaired) electrons. The second-order valence-electron chi connectivity index (χ2n) is 6.10. The lowest BCUT2D eigenvalue weighted by Gasteiger charge is -2.08. The number of unbranched alkanes of at least 4 members (excludes halogenated alkanes) is 4. The van der Waals surface area contributed by atoms with Crippen molar-refractivity contribution in [2.24, 2.45) is 0 Å². The van der Waals surface area contributed by atoms with E-state index in [1.54, 1.807) is 23.3 Å². The molecule has 2 aromatic rings. The molecule has 0 amide bonds. The third-order valence-electron chi connectivity index (χ3n) is 4.04. The van der Waals surface area contributed by atoms with Crippen molar-refractivity contribution in [2.75, 3.05) is 0 Å². The van der Waals surface area contributed by atoms with Gasteiger partial charge in [-0.3, -0.25) is 0 Å². The Hall–Kier alpha value is -0.980. The van der Waals surface area contributed by atoms with E-state index in [4.69, 9.17) is 23.2 Å². The van der Waals surface area contributed by atoms with Crippen molar-refractivity contribution in [3.63, 3.8) is 0 Å². The molecule has 0 spiro atoms. The van der Waals surface area contributed by atoms with Crippen LogP contribution < -0.4 is 0 Å². The van der Waals surface area contributed by atoms with E-state index in [2.05, 4.69) is 38.1 Å². The van der Waals surface area contributed by atoms with Gasteiger partial charge in [0.2, 0.25) is 0 Å². The third-order valence-corrected chi connectivity index (χ3v) is 4.80. The van der Waals surface area contributed by atoms with Crippen LogP contribution in [0, 0.1) is 0 Å². The lowest BCUT2D eigenvalue weighted by molar-refractivity contribution is 0.693. The molecule has 132 valence electrons. The molecule has 2 aromatic carbocycles. The van der Waals surface area contributed by atoms with Gasteiger partial charge in [-0.2, -0.15) is 0 Å². The average Bonchev–Trinajstić information content (AvgIpc) is 2.60. The van der Waals surface area contributed by atoms with E-state index < -0.39 is 0 Å². The fraction of sp³-hybridized carbons (Fsp3) is 0.455. The highest BCUT2D eigenvalue weighted by Crippen LogP contribution is 2.19. The fourth-order valence-corrected chi connectivity index (χ4v) is 2.89. The molecule has 2 rings (SSSR count). The van der Waals surface area contributed by atoms with Gasteiger partial charge in [0.1, 0.15) is 0 Å². The monoisotopic (exact) mass is 364 g/mol. The Morgan fingerprint density at radius 1 is 0.583 bits per heavy atom. The van der Waals surface area contributed by atoms with E-state index in [0.717, 1.165) is 0 Å². The Balaban J connectivity index is 0.000000300. The van der Waals surface area contributed by atoms with E-state index in [9.17, 15) is 0 Å². The van der Waals surface area contributed by atoms with Gasteiger partial charge >= 0.3 is 0 Å². The van der Waals surface area contributed by atoms with Crippen LogP contribution in [0.2, 0.25) is 10.0 Å². The van der Waals surface area contributed by atoms with Crippen LogP contribution in [0.25, 0.3) is 0 Å². The highest BCUT2D eigenvalue weighted by Gasteiger charge is 2.01. The largest absolute Gasteiger partial charge is 0.0827 e. The van der Waals surface area contributed by atoms with Gasteiger partial charge < -0.3 is 0 Å². The van der Waals surface area contributed by atoms with Crippen molar-refractivity contribution in [3.05, 3.63) is 69.7 Å². The molecule has 0 unspecified atom stereocenters. The van der Waals surface area contributed by atoms with Crippen molar-refractivity contribution >= 4 is 23.2 Å². The number of aryl methyl sites for hydroxylation is 2. The van der Waals surface area contributed by atoms with E-state index >= 15 is 0 Å². The summed E-state index contributed by atoms with van der Waals surface area (Å²) in [6.07, 6.45) is 10.6. The SMILES string of the molecule is CCCCCc1ccccc1CCCCC.Clc1ccccc1Cl. The van der Waals surface area contributed by atoms with Crippen LogP contribution in [-0.4, -0.2) is 0 Å². The lowest BCUT2D eigenvalue weighted by atomic mass is 9.97. The molecule has 0 fully saturated rings. The van der Waals surface area contributed by atoms with Gasteiger partial charge in [0.05, 0.1) is 10.0 Å². The number of hydrogen-bond acceptors (Lipinski definition) is 0. The summed E-state index contributed by atoms with van der Waals surface area (Å²) in [6, 6.07) is 16.2. The van der Waals surface area contributed by atoms with Crippen LogP contribution in [0.4, 0.5) is 0 Å². The van der Waals surface area contributed by atoms with Crippen LogP contribution in [0.1, 0.15) is 63.5 Å². The maximum Gasteiger partial charge on any atom is 0.0592 e. The molecule has 0 aliphatic heterocycles. The first kappa shape index (κ1) is 21.1. The summed E-state index contributed by atoms with van der Waals surface area (Å²) in [6.45, 7) is 4.54. The average molecular weight is 365 g/mol. The van der Waals surface area contributed by atoms with Crippen molar-refractivity contribution in [2.45, 2.75) is 65.2 Å². The molecular weight excluding hydrogens is 335 g/mol. The van der Waals surface area contributed by atoms with E-state index in [1.807, 2.05) is 12.1 Å². The van der Waals surface area contributed by atoms with Gasteiger partial charge in [-0.05, 0) is 48.9 Å². The molecule has 0 bridgehead atoms. The third kappa shape index (κ3) is 8.76. The number of rotatable bonds is 8. The predicted octanol–water partition coefficient (Wildman–Crippen LogP) is 8.15. The highest BCUT2D eigenvalue weighted by atomic mass is 35.5. The molecule has 0 aliphatic carbocycles. The van der Waals surface area contributed by atoms with Crippen molar-refractivity contribution in [1.29, 1.82) is 0 Å². The zero-order chi connectivity index (χ0) is 17.6. The molecular formula is C22H30Cl2. The molecule has 0 atom stereocenters. The quantitative estimate of drug-likeness (QED) is 0.414. The molecule has 0 heterocycles. The Labute approximate surface area is 158 Å². The zero-order valence-electron chi connectivity index (χ0n) is 15.0. The summed E-state index contributed by atoms with van der Waals surface area (Å²) < 4.78 is 0. The number of halogens is 2. The van der Waals surface area contributed by atoms with Gasteiger partial charge in [-0.1, -0.05) is 99.1 Å². The van der Waals surface area contributed by atoms with Crippen molar-refractivity contribution < 1.29 is 0 Å². The van der Waals surface area contributed by atoms with Gasteiger partial charge in [0.15, 0.2) is 0 Å². The molecule has 0 aliphatic rings. The maximum atomic E-state index is 5.58. The minimum atomic E-state index is 0.606. The van der Waals surface area contributed by atoms with Crippen molar-refractivity contribution in [3.8, 4) is 0 Å². The van der Waals surface area contributed by atoms with Crippen LogP contribution in [0.3, 0.4) is 0 Å². The topological polar surface area (TPSA) is 0 Å². The van der Waals surface area contributed by atoms with Crippen LogP contribution in [0.15, 0.2) is 48.5 Å². The Kier molecular flexibility index (Phi) is 11.7. The summed E-state index contributed by atoms with van der Waals surface area (Å²) in [5, 5.41) is 1.21. The maximum absolute atomic E-state index is 5.58. The summed E-state index contributed by atoms with van der Waals surface area (Å²) in [4.78, 5) is 0. The summed E-state index contributed by atoms with van der Waals surface area (Å²) in [5.74, 6) is 0. The van der Waals surface area contributed by atoms with Crippen LogP contribution in [-0.2, 0) is 12.8 Å². The first-order valence-electron chi connectivity index (χ1n) is 9.15. The zero-order valence-corrected chi connectivity index (χ0v) is 16.5. The van der Waals surface area contributed by atoms with Gasteiger partial charge in [0, 0.05) is 0 Å². The first-order chi connectivity index (χ1) is 11.7. The molecule has 0 nitrogen and oxygen atoms in total. The predicted molar refractivity (Wildman–Crippen MR) is 109 cm³/mol. The van der Waals surface area contributed by atoms with Gasteiger partial charge in [-0.15, -0.1) is 0 Å². The van der Waals surface area contributed by atoms with E-state index in [-0.39, 0.29) is 0 Å². The number of hydrogen-bond donors (Lipinski definition) is 0. The fourth-order valence-electron chi connectivity index (χ4n) is 2.62. The Morgan fingerprint density at radius 3 is 1.29 bits per heavy atom. The highest BCUT2D eigenvalue weighted by molar-refractivity contribution is 6.41. The summed E-state index contributed by atoms with van der Waals surface area (Å²) >= 11 is 11.2. The number of benzene rings is 2. The second kappa shape index (κ2) is 13.3. The van der Waals surface area contributed by atoms with E-state index in [1.165, 1.54) is 51.4 Å². The molecule has 2 heteroatoms. The van der Waals surface area contributed by atoms with Crippen LogP contribution >= 0.6 is 23.2 Å². The summed E-state index contributed by atoms with van der Waals surface area (Å²) in [7, 11) is 0. The Morgan fingerprint density at radius 2 is 0.958 bits per heavy atom. The molecule has 0 saturated carbocycles. The first-order valence-corrected chi connectivity index (χ1v) is 9.91. The van der Waals surface area contributed by atoms with Gasteiger partial charge in [0.25, 0.3) is 0 Å². The summed E-state index contributed by atoms with van der Waals surface area (Å²) in [5.41, 5.74) is 3.18. The normalized spacial score (nSPS) is 10.2. The minimum absolute atomic E-state index is 0.606. The molecule has 0 N–H and O–H groups in total.